The molecule has 2 aromatic heterocycles. The summed E-state index contributed by atoms with van der Waals surface area (Å²) in [6.07, 6.45) is 0.705. The molecule has 11 nitrogen and oxygen atoms in total. The first kappa shape index (κ1) is 24.7. The molecule has 0 aliphatic carbocycles. The van der Waals surface area contributed by atoms with Crippen LogP contribution >= 0.6 is 0 Å². The SMILES string of the molecule is CC1(C(=O)NCCO)COC(c2nc(-c3ccc(F)cc3)c(-c3ccnc(NCCO)n3)[nH]2)OC1. The van der Waals surface area contributed by atoms with Gasteiger partial charge >= 0.3 is 0 Å². The summed E-state index contributed by atoms with van der Waals surface area (Å²) in [5.74, 6) is 0.0375. The zero-order valence-electron chi connectivity index (χ0n) is 19.1. The van der Waals surface area contributed by atoms with E-state index in [9.17, 15) is 9.18 Å². The maximum Gasteiger partial charge on any atom is 0.230 e. The number of aliphatic hydroxyl groups excluding tert-OH is 2. The number of hydrogen-bond acceptors (Lipinski definition) is 9. The summed E-state index contributed by atoms with van der Waals surface area (Å²) in [7, 11) is 0. The number of nitrogens with one attached hydrogen (secondary N) is 3. The average molecular weight is 487 g/mol. The number of aromatic nitrogens is 4. The Labute approximate surface area is 200 Å². The highest BCUT2D eigenvalue weighted by atomic mass is 19.1. The highest BCUT2D eigenvalue weighted by molar-refractivity contribution is 5.82. The smallest absolute Gasteiger partial charge is 0.230 e. The van der Waals surface area contributed by atoms with Crippen LogP contribution in [0.3, 0.4) is 0 Å². The number of hydrogen-bond donors (Lipinski definition) is 5. The molecule has 3 aromatic rings. The van der Waals surface area contributed by atoms with E-state index in [1.807, 2.05) is 0 Å². The van der Waals surface area contributed by atoms with Crippen LogP contribution in [0.1, 0.15) is 19.0 Å². The molecular formula is C23H27FN6O5. The van der Waals surface area contributed by atoms with Crippen molar-refractivity contribution in [3.63, 3.8) is 0 Å². The van der Waals surface area contributed by atoms with E-state index in [-0.39, 0.29) is 51.2 Å². The molecule has 1 saturated heterocycles. The number of halogens is 1. The average Bonchev–Trinajstić information content (AvgIpc) is 3.32. The number of anilines is 1. The highest BCUT2D eigenvalue weighted by Crippen LogP contribution is 2.35. The van der Waals surface area contributed by atoms with E-state index in [4.69, 9.17) is 19.7 Å². The largest absolute Gasteiger partial charge is 0.395 e. The van der Waals surface area contributed by atoms with Gasteiger partial charge in [-0.25, -0.2) is 19.3 Å². The predicted molar refractivity (Wildman–Crippen MR) is 123 cm³/mol. The van der Waals surface area contributed by atoms with E-state index in [2.05, 4.69) is 30.6 Å². The number of carbonyl (C=O) groups is 1. The van der Waals surface area contributed by atoms with Crippen LogP contribution in [0, 0.1) is 11.2 Å². The Morgan fingerprint density at radius 1 is 1.14 bits per heavy atom. The van der Waals surface area contributed by atoms with Crippen molar-refractivity contribution < 1.29 is 28.9 Å². The minimum absolute atomic E-state index is 0.0735. The van der Waals surface area contributed by atoms with Crippen LogP contribution in [-0.4, -0.2) is 75.6 Å². The van der Waals surface area contributed by atoms with E-state index in [0.717, 1.165) is 0 Å². The zero-order chi connectivity index (χ0) is 24.8. The number of aliphatic hydroxyl groups is 2. The Balaban J connectivity index is 1.62. The maximum atomic E-state index is 13.5. The topological polar surface area (TPSA) is 155 Å². The van der Waals surface area contributed by atoms with E-state index >= 15 is 0 Å². The van der Waals surface area contributed by atoms with Gasteiger partial charge in [0.25, 0.3) is 0 Å². The predicted octanol–water partition coefficient (Wildman–Crippen LogP) is 1.24. The van der Waals surface area contributed by atoms with Gasteiger partial charge in [0, 0.05) is 24.8 Å². The molecule has 1 amide bonds. The summed E-state index contributed by atoms with van der Waals surface area (Å²) < 4.78 is 25.2. The molecule has 0 radical (unpaired) electrons. The fourth-order valence-electron chi connectivity index (χ4n) is 3.54. The molecule has 0 atom stereocenters. The van der Waals surface area contributed by atoms with Gasteiger partial charge in [0.2, 0.25) is 18.1 Å². The summed E-state index contributed by atoms with van der Waals surface area (Å²) >= 11 is 0. The Bertz CT molecular complexity index is 1150. The Morgan fingerprint density at radius 2 is 1.86 bits per heavy atom. The Morgan fingerprint density at radius 3 is 2.54 bits per heavy atom. The minimum atomic E-state index is -0.916. The number of aromatic amines is 1. The van der Waals surface area contributed by atoms with Gasteiger partial charge in [-0.2, -0.15) is 0 Å². The quantitative estimate of drug-likeness (QED) is 0.300. The first-order valence-electron chi connectivity index (χ1n) is 11.1. The van der Waals surface area contributed by atoms with E-state index in [1.54, 1.807) is 31.3 Å². The molecule has 4 rings (SSSR count). The summed E-state index contributed by atoms with van der Waals surface area (Å²) in [4.78, 5) is 28.9. The van der Waals surface area contributed by atoms with Gasteiger partial charge in [-0.05, 0) is 37.3 Å². The molecule has 186 valence electrons. The number of nitrogens with zero attached hydrogens (tertiary/aromatic N) is 3. The maximum absolute atomic E-state index is 13.5. The second kappa shape index (κ2) is 10.9. The van der Waals surface area contributed by atoms with Gasteiger partial charge < -0.3 is 35.3 Å². The van der Waals surface area contributed by atoms with Gasteiger partial charge in [-0.1, -0.05) is 0 Å². The lowest BCUT2D eigenvalue weighted by Gasteiger charge is -2.35. The minimum Gasteiger partial charge on any atom is -0.395 e. The van der Waals surface area contributed by atoms with Crippen molar-refractivity contribution in [2.24, 2.45) is 5.41 Å². The Hall–Kier alpha value is -3.45. The second-order valence-corrected chi connectivity index (χ2v) is 8.26. The summed E-state index contributed by atoms with van der Waals surface area (Å²) in [5, 5.41) is 23.6. The van der Waals surface area contributed by atoms with Gasteiger partial charge in [-0.3, -0.25) is 4.79 Å². The molecule has 0 unspecified atom stereocenters. The van der Waals surface area contributed by atoms with Crippen molar-refractivity contribution in [3.8, 4) is 22.6 Å². The molecule has 12 heteroatoms. The van der Waals surface area contributed by atoms with Crippen LogP contribution in [0.25, 0.3) is 22.6 Å². The van der Waals surface area contributed by atoms with Gasteiger partial charge in [0.05, 0.1) is 48.9 Å². The molecule has 0 spiro atoms. The third-order valence-electron chi connectivity index (χ3n) is 5.42. The molecule has 1 aliphatic rings. The fourth-order valence-corrected chi connectivity index (χ4v) is 3.54. The molecule has 1 aromatic carbocycles. The van der Waals surface area contributed by atoms with Crippen molar-refractivity contribution in [3.05, 3.63) is 48.2 Å². The molecule has 1 aliphatic heterocycles. The first-order chi connectivity index (χ1) is 16.9. The van der Waals surface area contributed by atoms with Crippen LogP contribution in [-0.2, 0) is 14.3 Å². The molecule has 5 N–H and O–H groups in total. The molecule has 1 fully saturated rings. The van der Waals surface area contributed by atoms with E-state index < -0.39 is 11.7 Å². The normalized spacial score (nSPS) is 19.9. The van der Waals surface area contributed by atoms with Crippen molar-refractivity contribution in [1.29, 1.82) is 0 Å². The lowest BCUT2D eigenvalue weighted by Crippen LogP contribution is -2.49. The van der Waals surface area contributed by atoms with Crippen molar-refractivity contribution in [2.75, 3.05) is 44.8 Å². The van der Waals surface area contributed by atoms with Gasteiger partial charge in [0.15, 0.2) is 5.82 Å². The summed E-state index contributed by atoms with van der Waals surface area (Å²) in [6, 6.07) is 7.59. The molecule has 35 heavy (non-hydrogen) atoms. The lowest BCUT2D eigenvalue weighted by molar-refractivity contribution is -0.231. The number of carbonyl (C=O) groups excluding carboxylic acids is 1. The number of benzene rings is 1. The lowest BCUT2D eigenvalue weighted by atomic mass is 9.91. The molecule has 3 heterocycles. The number of amides is 1. The highest BCUT2D eigenvalue weighted by Gasteiger charge is 2.40. The molecular weight excluding hydrogens is 459 g/mol. The van der Waals surface area contributed by atoms with Crippen molar-refractivity contribution >= 4 is 11.9 Å². The monoisotopic (exact) mass is 486 g/mol. The van der Waals surface area contributed by atoms with E-state index in [0.29, 0.717) is 34.4 Å². The number of rotatable bonds is 9. The van der Waals surface area contributed by atoms with Gasteiger partial charge in [-0.15, -0.1) is 0 Å². The first-order valence-corrected chi connectivity index (χ1v) is 11.1. The van der Waals surface area contributed by atoms with Crippen molar-refractivity contribution in [1.82, 2.24) is 25.3 Å². The van der Waals surface area contributed by atoms with Crippen LogP contribution in [0.2, 0.25) is 0 Å². The number of ether oxygens (including phenoxy) is 2. The van der Waals surface area contributed by atoms with Crippen LogP contribution in [0.4, 0.5) is 10.3 Å². The van der Waals surface area contributed by atoms with Crippen LogP contribution in [0.5, 0.6) is 0 Å². The van der Waals surface area contributed by atoms with Crippen molar-refractivity contribution in [2.45, 2.75) is 13.2 Å². The third-order valence-corrected chi connectivity index (χ3v) is 5.42. The fraction of sp³-hybridized carbons (Fsp3) is 0.391. The molecule has 0 bridgehead atoms. The summed E-state index contributed by atoms with van der Waals surface area (Å²) in [6.45, 7) is 2.09. The molecule has 0 saturated carbocycles. The van der Waals surface area contributed by atoms with Crippen LogP contribution in [0.15, 0.2) is 36.5 Å². The summed E-state index contributed by atoms with van der Waals surface area (Å²) in [5.41, 5.74) is 1.30. The van der Waals surface area contributed by atoms with E-state index in [1.165, 1.54) is 12.1 Å². The third kappa shape index (κ3) is 5.62. The van der Waals surface area contributed by atoms with Gasteiger partial charge in [0.1, 0.15) is 5.82 Å². The number of H-pyrrole nitrogens is 1. The standard InChI is InChI=1S/C23H27FN6O5/c1-23(21(33)25-8-10-31)12-34-20(35-13-23)19-29-17(14-2-4-15(24)5-3-14)18(30-19)16-6-7-26-22(28-16)27-9-11-32/h2-7,20,31-32H,8-13H2,1H3,(H,25,33)(H,29,30)(H,26,27,28). The number of imidazole rings is 1. The second-order valence-electron chi connectivity index (χ2n) is 8.26. The Kier molecular flexibility index (Phi) is 7.66. The zero-order valence-corrected chi connectivity index (χ0v) is 19.1. The van der Waals surface area contributed by atoms with Crippen LogP contribution < -0.4 is 10.6 Å².